The predicted octanol–water partition coefficient (Wildman–Crippen LogP) is 0.688. The first-order valence-electron chi connectivity index (χ1n) is 10.3. The second kappa shape index (κ2) is 12.5. The van der Waals surface area contributed by atoms with E-state index in [9.17, 15) is 14.4 Å². The average Bonchev–Trinajstić information content (AvgIpc) is 2.78. The van der Waals surface area contributed by atoms with E-state index in [0.717, 1.165) is 6.42 Å². The summed E-state index contributed by atoms with van der Waals surface area (Å²) in [4.78, 5) is 37.4. The number of morpholine rings is 1. The Morgan fingerprint density at radius 3 is 2.58 bits per heavy atom. The van der Waals surface area contributed by atoms with Gasteiger partial charge >= 0.3 is 11.8 Å². The molecule has 31 heavy (non-hydrogen) atoms. The third kappa shape index (κ3) is 7.89. The molecule has 0 radical (unpaired) electrons. The van der Waals surface area contributed by atoms with E-state index in [1.165, 1.54) is 6.21 Å². The molecule has 170 valence electrons. The summed E-state index contributed by atoms with van der Waals surface area (Å²) in [5.74, 6) is -0.826. The van der Waals surface area contributed by atoms with Crippen molar-refractivity contribution >= 4 is 23.9 Å². The molecule has 0 spiro atoms. The predicted molar refractivity (Wildman–Crippen MR) is 114 cm³/mol. The first kappa shape index (κ1) is 24.1. The molecule has 0 aliphatic carbocycles. The monoisotopic (exact) mass is 434 g/mol. The Labute approximate surface area is 181 Å². The summed E-state index contributed by atoms with van der Waals surface area (Å²) >= 11 is 0. The van der Waals surface area contributed by atoms with Crippen molar-refractivity contribution in [2.75, 3.05) is 39.5 Å². The molecule has 1 aromatic carbocycles. The minimum atomic E-state index is -0.844. The van der Waals surface area contributed by atoms with Crippen LogP contribution in [0, 0.1) is 0 Å². The van der Waals surface area contributed by atoms with Crippen LogP contribution in [0.5, 0.6) is 11.5 Å². The molecule has 1 saturated heterocycles. The number of benzene rings is 1. The summed E-state index contributed by atoms with van der Waals surface area (Å²) in [6, 6.07) is 4.94. The third-order valence-corrected chi connectivity index (χ3v) is 4.56. The van der Waals surface area contributed by atoms with Gasteiger partial charge in [0, 0.05) is 19.1 Å². The summed E-state index contributed by atoms with van der Waals surface area (Å²) in [5, 5.41) is 6.37. The molecule has 10 nitrogen and oxygen atoms in total. The number of nitrogens with zero attached hydrogens (tertiary/aromatic N) is 2. The lowest BCUT2D eigenvalue weighted by atomic mass is 10.2. The Morgan fingerprint density at radius 2 is 1.90 bits per heavy atom. The molecule has 2 N–H and O–H groups in total. The largest absolute Gasteiger partial charge is 0.490 e. The molecule has 1 aliphatic rings. The summed E-state index contributed by atoms with van der Waals surface area (Å²) in [7, 11) is 0. The maximum Gasteiger partial charge on any atom is 0.329 e. The highest BCUT2D eigenvalue weighted by Gasteiger charge is 2.18. The van der Waals surface area contributed by atoms with Gasteiger partial charge in [-0.3, -0.25) is 14.4 Å². The number of hydrogen-bond acceptors (Lipinski definition) is 7. The first-order chi connectivity index (χ1) is 14.9. The second-order valence-electron chi connectivity index (χ2n) is 6.90. The minimum Gasteiger partial charge on any atom is -0.490 e. The zero-order valence-electron chi connectivity index (χ0n) is 18.2. The summed E-state index contributed by atoms with van der Waals surface area (Å²) in [6.07, 6.45) is 2.11. The Balaban J connectivity index is 1.94. The highest BCUT2D eigenvalue weighted by atomic mass is 16.5. The number of ether oxygens (including phenoxy) is 3. The van der Waals surface area contributed by atoms with Crippen molar-refractivity contribution in [2.45, 2.75) is 33.2 Å². The highest BCUT2D eigenvalue weighted by molar-refractivity contribution is 6.35. The van der Waals surface area contributed by atoms with Crippen molar-refractivity contribution in [1.82, 2.24) is 15.6 Å². The molecule has 1 heterocycles. The Hall–Kier alpha value is -3.14. The molecular formula is C21H30N4O6. The van der Waals surface area contributed by atoms with Crippen molar-refractivity contribution in [3.05, 3.63) is 23.8 Å². The molecule has 1 atom stereocenters. The van der Waals surface area contributed by atoms with E-state index in [2.05, 4.69) is 15.8 Å². The fourth-order valence-electron chi connectivity index (χ4n) is 2.64. The molecule has 1 aromatic rings. The van der Waals surface area contributed by atoms with Gasteiger partial charge in [0.2, 0.25) is 0 Å². The molecule has 3 amide bonds. The molecule has 0 aromatic heterocycles. The Morgan fingerprint density at radius 1 is 1.16 bits per heavy atom. The van der Waals surface area contributed by atoms with Crippen LogP contribution < -0.4 is 20.2 Å². The van der Waals surface area contributed by atoms with E-state index in [-0.39, 0.29) is 18.6 Å². The summed E-state index contributed by atoms with van der Waals surface area (Å²) < 4.78 is 16.5. The van der Waals surface area contributed by atoms with Crippen LogP contribution >= 0.6 is 0 Å². The molecular weight excluding hydrogens is 404 g/mol. The standard InChI is InChI=1S/C21H30N4O6/c1-4-15(3)23-20(27)21(28)24-22-13-16-6-7-17(18(12-16)30-5-2)31-14-19(26)25-8-10-29-11-9-25/h6-7,12-13,15H,4-5,8-11,14H2,1-3H3,(H,23,27)(H,24,28)/b22-13-/t15-/m1/s1. The van der Waals surface area contributed by atoms with E-state index >= 15 is 0 Å². The van der Waals surface area contributed by atoms with Gasteiger partial charge in [-0.1, -0.05) is 6.92 Å². The topological polar surface area (TPSA) is 119 Å². The fraction of sp³-hybridized carbons (Fsp3) is 0.524. The molecule has 10 heteroatoms. The summed E-state index contributed by atoms with van der Waals surface area (Å²) in [5.41, 5.74) is 2.81. The van der Waals surface area contributed by atoms with Crippen LogP contribution in [0.1, 0.15) is 32.8 Å². The van der Waals surface area contributed by atoms with Crippen molar-refractivity contribution in [3.63, 3.8) is 0 Å². The van der Waals surface area contributed by atoms with Gasteiger partial charge in [0.05, 0.1) is 26.0 Å². The first-order valence-corrected chi connectivity index (χ1v) is 10.3. The zero-order valence-corrected chi connectivity index (χ0v) is 18.2. The van der Waals surface area contributed by atoms with E-state index in [0.29, 0.717) is 50.0 Å². The minimum absolute atomic E-state index is 0.0985. The van der Waals surface area contributed by atoms with E-state index in [1.807, 2.05) is 20.8 Å². The van der Waals surface area contributed by atoms with Crippen LogP contribution in [0.25, 0.3) is 0 Å². The van der Waals surface area contributed by atoms with Gasteiger partial charge in [-0.15, -0.1) is 0 Å². The van der Waals surface area contributed by atoms with Gasteiger partial charge in [-0.2, -0.15) is 5.10 Å². The lowest BCUT2D eigenvalue weighted by Crippen LogP contribution is -2.43. The van der Waals surface area contributed by atoms with Gasteiger partial charge < -0.3 is 24.4 Å². The van der Waals surface area contributed by atoms with Crippen LogP contribution in [-0.4, -0.2) is 74.4 Å². The molecule has 0 unspecified atom stereocenters. The maximum atomic E-state index is 12.3. The van der Waals surface area contributed by atoms with Crippen molar-refractivity contribution in [2.24, 2.45) is 5.10 Å². The van der Waals surface area contributed by atoms with Crippen LogP contribution in [0.4, 0.5) is 0 Å². The smallest absolute Gasteiger partial charge is 0.329 e. The van der Waals surface area contributed by atoms with Crippen LogP contribution in [0.2, 0.25) is 0 Å². The summed E-state index contributed by atoms with van der Waals surface area (Å²) in [6.45, 7) is 8.01. The molecule has 0 saturated carbocycles. The van der Waals surface area contributed by atoms with Gasteiger partial charge in [0.15, 0.2) is 18.1 Å². The number of rotatable bonds is 9. The second-order valence-corrected chi connectivity index (χ2v) is 6.90. The van der Waals surface area contributed by atoms with Crippen molar-refractivity contribution < 1.29 is 28.6 Å². The number of carbonyl (C=O) groups is 3. The van der Waals surface area contributed by atoms with E-state index < -0.39 is 11.8 Å². The number of nitrogens with one attached hydrogen (secondary N) is 2. The van der Waals surface area contributed by atoms with Gasteiger partial charge in [0.25, 0.3) is 5.91 Å². The Bertz CT molecular complexity index is 792. The average molecular weight is 434 g/mol. The van der Waals surface area contributed by atoms with E-state index in [4.69, 9.17) is 14.2 Å². The van der Waals surface area contributed by atoms with Crippen LogP contribution in [0.15, 0.2) is 23.3 Å². The lowest BCUT2D eigenvalue weighted by Gasteiger charge is -2.26. The third-order valence-electron chi connectivity index (χ3n) is 4.56. The van der Waals surface area contributed by atoms with Gasteiger partial charge in [0.1, 0.15) is 0 Å². The van der Waals surface area contributed by atoms with Crippen LogP contribution in [-0.2, 0) is 19.1 Å². The highest BCUT2D eigenvalue weighted by Crippen LogP contribution is 2.28. The fourth-order valence-corrected chi connectivity index (χ4v) is 2.64. The number of amides is 3. The van der Waals surface area contributed by atoms with E-state index in [1.54, 1.807) is 23.1 Å². The van der Waals surface area contributed by atoms with Gasteiger partial charge in [-0.25, -0.2) is 5.43 Å². The molecule has 0 bridgehead atoms. The maximum absolute atomic E-state index is 12.3. The zero-order chi connectivity index (χ0) is 22.6. The number of hydrogen-bond donors (Lipinski definition) is 2. The lowest BCUT2D eigenvalue weighted by molar-refractivity contribution is -0.139. The van der Waals surface area contributed by atoms with Gasteiger partial charge in [-0.05, 0) is 44.0 Å². The normalized spacial score (nSPS) is 14.7. The number of carbonyl (C=O) groups excluding carboxylic acids is 3. The molecule has 1 aliphatic heterocycles. The SMILES string of the molecule is CCOc1cc(/C=N\NC(=O)C(=O)N[C@H](C)CC)ccc1OCC(=O)N1CCOCC1. The molecule has 2 rings (SSSR count). The van der Waals surface area contributed by atoms with Crippen molar-refractivity contribution in [1.29, 1.82) is 0 Å². The Kier molecular flexibility index (Phi) is 9.76. The van der Waals surface area contributed by atoms with Crippen LogP contribution in [0.3, 0.4) is 0 Å². The quantitative estimate of drug-likeness (QED) is 0.335. The van der Waals surface area contributed by atoms with Crippen molar-refractivity contribution in [3.8, 4) is 11.5 Å². The molecule has 1 fully saturated rings. The number of hydrazone groups is 1.